The molecule has 2 heterocycles. The van der Waals surface area contributed by atoms with Crippen molar-refractivity contribution < 1.29 is 0 Å². The van der Waals surface area contributed by atoms with Gasteiger partial charge in [-0.15, -0.1) is 0 Å². The van der Waals surface area contributed by atoms with Crippen molar-refractivity contribution >= 4 is 0 Å². The van der Waals surface area contributed by atoms with E-state index in [0.29, 0.717) is 12.2 Å². The zero-order valence-electron chi connectivity index (χ0n) is 13.3. The zero-order valence-corrected chi connectivity index (χ0v) is 13.3. The van der Waals surface area contributed by atoms with Gasteiger partial charge in [0.15, 0.2) is 0 Å². The number of hydrogen-bond acceptors (Lipinski definition) is 4. The van der Waals surface area contributed by atoms with Crippen LogP contribution in [-0.2, 0) is 0 Å². The molecule has 2 fully saturated rings. The summed E-state index contributed by atoms with van der Waals surface area (Å²) in [5, 5.41) is 11.0. The molecule has 4 heteroatoms. The number of piperidine rings is 1. The molecule has 0 spiro atoms. The number of hydrogen-bond donors (Lipinski definition) is 3. The molecule has 1 atom stereocenters. The van der Waals surface area contributed by atoms with E-state index < -0.39 is 0 Å². The van der Waals surface area contributed by atoms with Gasteiger partial charge in [0, 0.05) is 43.3 Å². The maximum absolute atomic E-state index is 3.86. The predicted molar refractivity (Wildman–Crippen MR) is 81.4 cm³/mol. The summed E-state index contributed by atoms with van der Waals surface area (Å²) in [6.45, 7) is 16.1. The Labute approximate surface area is 118 Å². The van der Waals surface area contributed by atoms with Crippen LogP contribution in [0, 0.1) is 0 Å². The van der Waals surface area contributed by atoms with Gasteiger partial charge in [-0.2, -0.15) is 0 Å². The Morgan fingerprint density at radius 3 is 2.11 bits per heavy atom. The van der Waals surface area contributed by atoms with Crippen molar-refractivity contribution in [1.82, 2.24) is 20.9 Å². The maximum Gasteiger partial charge on any atom is 0.0571 e. The molecule has 0 saturated carbocycles. The lowest BCUT2D eigenvalue weighted by Crippen LogP contribution is -2.64. The van der Waals surface area contributed by atoms with Crippen molar-refractivity contribution in [3.63, 3.8) is 0 Å². The van der Waals surface area contributed by atoms with E-state index in [4.69, 9.17) is 0 Å². The van der Waals surface area contributed by atoms with Gasteiger partial charge in [0.1, 0.15) is 0 Å². The maximum atomic E-state index is 3.86. The van der Waals surface area contributed by atoms with E-state index in [1.807, 2.05) is 0 Å². The van der Waals surface area contributed by atoms with Gasteiger partial charge >= 0.3 is 0 Å². The molecule has 0 amide bonds. The third kappa shape index (κ3) is 4.42. The third-order valence-corrected chi connectivity index (χ3v) is 4.37. The molecule has 0 aromatic carbocycles. The second kappa shape index (κ2) is 5.68. The van der Waals surface area contributed by atoms with Crippen molar-refractivity contribution in [1.29, 1.82) is 0 Å². The van der Waals surface area contributed by atoms with Gasteiger partial charge in [0.25, 0.3) is 0 Å². The molecule has 2 aliphatic rings. The lowest BCUT2D eigenvalue weighted by molar-refractivity contribution is 0.0972. The smallest absolute Gasteiger partial charge is 0.0571 e. The normalized spacial score (nSPS) is 30.2. The van der Waals surface area contributed by atoms with Crippen molar-refractivity contribution in [2.45, 2.75) is 70.7 Å². The molecular formula is C15H32N4. The first-order valence-corrected chi connectivity index (χ1v) is 7.78. The molecule has 112 valence electrons. The largest absolute Gasteiger partial charge is 0.314 e. The predicted octanol–water partition coefficient (Wildman–Crippen LogP) is 1.14. The second-order valence-corrected chi connectivity index (χ2v) is 7.63. The van der Waals surface area contributed by atoms with Crippen LogP contribution in [0.15, 0.2) is 0 Å². The van der Waals surface area contributed by atoms with Crippen LogP contribution >= 0.6 is 0 Å². The van der Waals surface area contributed by atoms with Crippen molar-refractivity contribution in [3.05, 3.63) is 0 Å². The van der Waals surface area contributed by atoms with Crippen LogP contribution < -0.4 is 16.0 Å². The molecule has 0 aromatic heterocycles. The van der Waals surface area contributed by atoms with Gasteiger partial charge in [-0.05, 0) is 47.5 Å². The number of nitrogens with zero attached hydrogens (tertiary/aromatic N) is 1. The topological polar surface area (TPSA) is 39.3 Å². The van der Waals surface area contributed by atoms with Gasteiger partial charge in [0.05, 0.1) is 6.17 Å². The van der Waals surface area contributed by atoms with Crippen LogP contribution in [0.4, 0.5) is 0 Å². The molecular weight excluding hydrogens is 236 g/mol. The van der Waals surface area contributed by atoms with Crippen LogP contribution in [0.1, 0.15) is 47.5 Å². The molecule has 0 aliphatic carbocycles. The lowest BCUT2D eigenvalue weighted by Gasteiger charge is -2.48. The fourth-order valence-corrected chi connectivity index (χ4v) is 3.96. The summed E-state index contributed by atoms with van der Waals surface area (Å²) < 4.78 is 0. The summed E-state index contributed by atoms with van der Waals surface area (Å²) >= 11 is 0. The van der Waals surface area contributed by atoms with Gasteiger partial charge in [-0.1, -0.05) is 0 Å². The van der Waals surface area contributed by atoms with E-state index in [9.17, 15) is 0 Å². The standard InChI is InChI=1S/C15H32N4/c1-12(19-8-6-16-7-9-19)17-13-10-14(2,3)18-15(4,5)11-13/h12-13,16-18H,6-11H2,1-5H3. The highest BCUT2D eigenvalue weighted by atomic mass is 15.3. The summed E-state index contributed by atoms with van der Waals surface area (Å²) in [6, 6.07) is 0.608. The van der Waals surface area contributed by atoms with Crippen molar-refractivity contribution in [2.24, 2.45) is 0 Å². The number of rotatable bonds is 3. The van der Waals surface area contributed by atoms with Crippen LogP contribution in [-0.4, -0.2) is 54.4 Å². The number of nitrogens with one attached hydrogen (secondary N) is 3. The fourth-order valence-electron chi connectivity index (χ4n) is 3.96. The van der Waals surface area contributed by atoms with E-state index in [2.05, 4.69) is 55.5 Å². The minimum absolute atomic E-state index is 0.225. The summed E-state index contributed by atoms with van der Waals surface area (Å²) in [7, 11) is 0. The van der Waals surface area contributed by atoms with Crippen LogP contribution in [0.25, 0.3) is 0 Å². The molecule has 2 aliphatic heterocycles. The van der Waals surface area contributed by atoms with Crippen LogP contribution in [0.2, 0.25) is 0 Å². The molecule has 2 saturated heterocycles. The molecule has 0 radical (unpaired) electrons. The van der Waals surface area contributed by atoms with E-state index in [1.165, 1.54) is 12.8 Å². The Bertz CT molecular complexity index is 279. The summed E-state index contributed by atoms with van der Waals surface area (Å²) in [5.41, 5.74) is 0.450. The first kappa shape index (κ1) is 15.2. The van der Waals surface area contributed by atoms with Crippen molar-refractivity contribution in [3.8, 4) is 0 Å². The first-order chi connectivity index (χ1) is 8.77. The molecule has 0 aromatic rings. The minimum Gasteiger partial charge on any atom is -0.314 e. The number of piperazine rings is 1. The zero-order chi connectivity index (χ0) is 14.1. The third-order valence-electron chi connectivity index (χ3n) is 4.37. The minimum atomic E-state index is 0.225. The summed E-state index contributed by atoms with van der Waals surface area (Å²) in [6.07, 6.45) is 2.89. The Hall–Kier alpha value is -0.160. The fraction of sp³-hybridized carbons (Fsp3) is 1.00. The van der Waals surface area contributed by atoms with Crippen molar-refractivity contribution in [2.75, 3.05) is 26.2 Å². The van der Waals surface area contributed by atoms with Gasteiger partial charge < -0.3 is 10.6 Å². The van der Waals surface area contributed by atoms with E-state index >= 15 is 0 Å². The van der Waals surface area contributed by atoms with E-state index in [0.717, 1.165) is 26.2 Å². The van der Waals surface area contributed by atoms with Gasteiger partial charge in [-0.3, -0.25) is 10.2 Å². The lowest BCUT2D eigenvalue weighted by atomic mass is 9.79. The molecule has 19 heavy (non-hydrogen) atoms. The van der Waals surface area contributed by atoms with Gasteiger partial charge in [-0.25, -0.2) is 0 Å². The Morgan fingerprint density at radius 1 is 1.05 bits per heavy atom. The Balaban J connectivity index is 1.90. The SMILES string of the molecule is CC(NC1CC(C)(C)NC(C)(C)C1)N1CCNCC1. The monoisotopic (exact) mass is 268 g/mol. The Kier molecular flexibility index (Phi) is 4.56. The highest BCUT2D eigenvalue weighted by Gasteiger charge is 2.38. The van der Waals surface area contributed by atoms with E-state index in [1.54, 1.807) is 0 Å². The first-order valence-electron chi connectivity index (χ1n) is 7.78. The van der Waals surface area contributed by atoms with Crippen LogP contribution in [0.3, 0.4) is 0 Å². The van der Waals surface area contributed by atoms with Crippen LogP contribution in [0.5, 0.6) is 0 Å². The summed E-state index contributed by atoms with van der Waals surface area (Å²) in [5.74, 6) is 0. The molecule has 3 N–H and O–H groups in total. The van der Waals surface area contributed by atoms with E-state index in [-0.39, 0.29) is 11.1 Å². The molecule has 0 bridgehead atoms. The molecule has 2 rings (SSSR count). The quantitative estimate of drug-likeness (QED) is 0.718. The highest BCUT2D eigenvalue weighted by molar-refractivity contribution is 5.00. The average Bonchev–Trinajstić information content (AvgIpc) is 2.25. The Morgan fingerprint density at radius 2 is 1.58 bits per heavy atom. The summed E-state index contributed by atoms with van der Waals surface area (Å²) in [4.78, 5) is 2.55. The van der Waals surface area contributed by atoms with Gasteiger partial charge in [0.2, 0.25) is 0 Å². The highest BCUT2D eigenvalue weighted by Crippen LogP contribution is 2.28. The second-order valence-electron chi connectivity index (χ2n) is 7.63. The average molecular weight is 268 g/mol. The molecule has 4 nitrogen and oxygen atoms in total. The molecule has 1 unspecified atom stereocenters.